The summed E-state index contributed by atoms with van der Waals surface area (Å²) in [7, 11) is -3.35. The van der Waals surface area contributed by atoms with E-state index in [1.165, 1.54) is 0 Å². The molecule has 0 aromatic heterocycles. The number of para-hydroxylation sites is 1. The molecule has 1 aromatic carbocycles. The predicted molar refractivity (Wildman–Crippen MR) is 49.3 cm³/mol. The van der Waals surface area contributed by atoms with Crippen molar-refractivity contribution in [2.45, 2.75) is 12.8 Å². The molecule has 0 spiro atoms. The van der Waals surface area contributed by atoms with Crippen LogP contribution in [0.15, 0.2) is 24.3 Å². The normalized spacial score (nSPS) is 24.5. The molecule has 1 atom stereocenters. The fourth-order valence-electron chi connectivity index (χ4n) is 1.53. The van der Waals surface area contributed by atoms with Crippen LogP contribution in [0.2, 0.25) is 0 Å². The highest BCUT2D eigenvalue weighted by Gasteiger charge is 2.27. The topological polar surface area (TPSA) is 43.4 Å². The second kappa shape index (κ2) is 2.73. The van der Waals surface area contributed by atoms with Crippen LogP contribution in [0.1, 0.15) is 18.4 Å². The molecule has 0 aliphatic carbocycles. The summed E-state index contributed by atoms with van der Waals surface area (Å²) >= 11 is 0. The maximum absolute atomic E-state index is 11.2. The van der Waals surface area contributed by atoms with E-state index in [0.29, 0.717) is 5.75 Å². The van der Waals surface area contributed by atoms with E-state index in [1.807, 2.05) is 19.1 Å². The summed E-state index contributed by atoms with van der Waals surface area (Å²) in [4.78, 5) is 0. The van der Waals surface area contributed by atoms with Gasteiger partial charge in [-0.15, -0.1) is 0 Å². The Bertz CT molecular complexity index is 422. The summed E-state index contributed by atoms with van der Waals surface area (Å²) < 4.78 is 27.3. The molecular formula is C9H10O3S. The van der Waals surface area contributed by atoms with Crippen molar-refractivity contribution in [2.75, 3.05) is 5.75 Å². The van der Waals surface area contributed by atoms with E-state index in [1.54, 1.807) is 12.1 Å². The van der Waals surface area contributed by atoms with Gasteiger partial charge in [-0.2, -0.15) is 8.42 Å². The summed E-state index contributed by atoms with van der Waals surface area (Å²) in [5, 5.41) is 0. The van der Waals surface area contributed by atoms with Crippen LogP contribution in [0.4, 0.5) is 0 Å². The van der Waals surface area contributed by atoms with Gasteiger partial charge in [-0.1, -0.05) is 25.1 Å². The maximum Gasteiger partial charge on any atom is 0.309 e. The predicted octanol–water partition coefficient (Wildman–Crippen LogP) is 1.51. The van der Waals surface area contributed by atoms with Crippen LogP contribution < -0.4 is 4.18 Å². The molecule has 1 aliphatic rings. The van der Waals surface area contributed by atoms with E-state index in [-0.39, 0.29) is 11.7 Å². The third kappa shape index (κ3) is 1.54. The van der Waals surface area contributed by atoms with Gasteiger partial charge in [0.05, 0.1) is 5.75 Å². The molecule has 0 bridgehead atoms. The Hall–Kier alpha value is -1.03. The zero-order valence-corrected chi connectivity index (χ0v) is 8.04. The summed E-state index contributed by atoms with van der Waals surface area (Å²) in [5.74, 6) is 0.570. The van der Waals surface area contributed by atoms with E-state index >= 15 is 0 Å². The van der Waals surface area contributed by atoms with Gasteiger partial charge in [0, 0.05) is 5.92 Å². The molecule has 0 unspecified atom stereocenters. The molecule has 0 saturated heterocycles. The molecule has 0 radical (unpaired) electrons. The summed E-state index contributed by atoms with van der Waals surface area (Å²) in [6.45, 7) is 1.89. The summed E-state index contributed by atoms with van der Waals surface area (Å²) in [5.41, 5.74) is 0.970. The van der Waals surface area contributed by atoms with Crippen LogP contribution in [-0.4, -0.2) is 14.2 Å². The Balaban J connectivity index is 2.55. The first-order chi connectivity index (χ1) is 6.08. The van der Waals surface area contributed by atoms with Gasteiger partial charge in [0.15, 0.2) is 0 Å². The first-order valence-electron chi connectivity index (χ1n) is 4.09. The molecular weight excluding hydrogens is 188 g/mol. The van der Waals surface area contributed by atoms with Gasteiger partial charge in [-0.05, 0) is 11.6 Å². The van der Waals surface area contributed by atoms with Gasteiger partial charge in [-0.3, -0.25) is 0 Å². The van der Waals surface area contributed by atoms with Crippen LogP contribution in [-0.2, 0) is 10.1 Å². The Labute approximate surface area is 77.5 Å². The van der Waals surface area contributed by atoms with Crippen LogP contribution >= 0.6 is 0 Å². The van der Waals surface area contributed by atoms with E-state index in [2.05, 4.69) is 0 Å². The maximum atomic E-state index is 11.2. The first-order valence-corrected chi connectivity index (χ1v) is 5.67. The molecule has 70 valence electrons. The van der Waals surface area contributed by atoms with Gasteiger partial charge < -0.3 is 4.18 Å². The largest absolute Gasteiger partial charge is 0.382 e. The SMILES string of the molecule is C[C@@H]1CS(=O)(=O)Oc2ccccc21. The number of hydrogen-bond donors (Lipinski definition) is 0. The molecule has 1 aliphatic heterocycles. The van der Waals surface area contributed by atoms with Crippen molar-refractivity contribution in [3.05, 3.63) is 29.8 Å². The highest BCUT2D eigenvalue weighted by molar-refractivity contribution is 7.87. The van der Waals surface area contributed by atoms with E-state index in [9.17, 15) is 8.42 Å². The fourth-order valence-corrected chi connectivity index (χ4v) is 2.82. The quantitative estimate of drug-likeness (QED) is 0.593. The first kappa shape index (κ1) is 8.56. The molecule has 0 saturated carbocycles. The van der Waals surface area contributed by atoms with Crippen LogP contribution in [0.5, 0.6) is 5.75 Å². The molecule has 4 heteroatoms. The molecule has 1 aromatic rings. The molecule has 0 amide bonds. The minimum atomic E-state index is -3.35. The zero-order chi connectivity index (χ0) is 9.47. The van der Waals surface area contributed by atoms with E-state index in [4.69, 9.17) is 4.18 Å². The van der Waals surface area contributed by atoms with Crippen molar-refractivity contribution < 1.29 is 12.6 Å². The van der Waals surface area contributed by atoms with Gasteiger partial charge in [0.25, 0.3) is 0 Å². The molecule has 0 N–H and O–H groups in total. The lowest BCUT2D eigenvalue weighted by Crippen LogP contribution is -2.23. The summed E-state index contributed by atoms with van der Waals surface area (Å²) in [6.07, 6.45) is 0. The Morgan fingerprint density at radius 3 is 2.85 bits per heavy atom. The lowest BCUT2D eigenvalue weighted by Gasteiger charge is -2.21. The molecule has 13 heavy (non-hydrogen) atoms. The standard InChI is InChI=1S/C9H10O3S/c1-7-6-13(10,11)12-9-5-3-2-4-8(7)9/h2-5,7H,6H2,1H3/t7-/m1/s1. The number of fused-ring (bicyclic) bond motifs is 1. The fraction of sp³-hybridized carbons (Fsp3) is 0.333. The third-order valence-electron chi connectivity index (χ3n) is 2.12. The monoisotopic (exact) mass is 198 g/mol. The molecule has 0 fully saturated rings. The van der Waals surface area contributed by atoms with Crippen LogP contribution in [0.25, 0.3) is 0 Å². The zero-order valence-electron chi connectivity index (χ0n) is 7.23. The minimum absolute atomic E-state index is 0.0231. The highest BCUT2D eigenvalue weighted by atomic mass is 32.2. The number of hydrogen-bond acceptors (Lipinski definition) is 3. The van der Waals surface area contributed by atoms with E-state index in [0.717, 1.165) is 5.56 Å². The van der Waals surface area contributed by atoms with Crippen molar-refractivity contribution in [3.63, 3.8) is 0 Å². The minimum Gasteiger partial charge on any atom is -0.382 e. The average molecular weight is 198 g/mol. The second-order valence-corrected chi connectivity index (χ2v) is 4.86. The lowest BCUT2D eigenvalue weighted by atomic mass is 10.0. The summed E-state index contributed by atoms with van der Waals surface area (Å²) in [6, 6.07) is 7.24. The Kier molecular flexibility index (Phi) is 1.80. The Morgan fingerprint density at radius 2 is 2.08 bits per heavy atom. The average Bonchev–Trinajstić information content (AvgIpc) is 2.02. The van der Waals surface area contributed by atoms with Crippen LogP contribution in [0.3, 0.4) is 0 Å². The number of benzene rings is 1. The highest BCUT2D eigenvalue weighted by Crippen LogP contribution is 2.33. The second-order valence-electron chi connectivity index (χ2n) is 3.25. The third-order valence-corrected chi connectivity index (χ3v) is 3.46. The van der Waals surface area contributed by atoms with Gasteiger partial charge >= 0.3 is 10.1 Å². The van der Waals surface area contributed by atoms with Gasteiger partial charge in [0.1, 0.15) is 5.75 Å². The van der Waals surface area contributed by atoms with E-state index < -0.39 is 10.1 Å². The van der Waals surface area contributed by atoms with Crippen molar-refractivity contribution >= 4 is 10.1 Å². The Morgan fingerprint density at radius 1 is 1.38 bits per heavy atom. The van der Waals surface area contributed by atoms with Crippen molar-refractivity contribution in [3.8, 4) is 5.75 Å². The van der Waals surface area contributed by atoms with Crippen molar-refractivity contribution in [1.29, 1.82) is 0 Å². The lowest BCUT2D eigenvalue weighted by molar-refractivity contribution is 0.463. The van der Waals surface area contributed by atoms with Crippen LogP contribution in [0, 0.1) is 0 Å². The van der Waals surface area contributed by atoms with Crippen molar-refractivity contribution in [2.24, 2.45) is 0 Å². The molecule has 2 rings (SSSR count). The molecule has 1 heterocycles. The van der Waals surface area contributed by atoms with Crippen molar-refractivity contribution in [1.82, 2.24) is 0 Å². The number of rotatable bonds is 0. The van der Waals surface area contributed by atoms with Gasteiger partial charge in [0.2, 0.25) is 0 Å². The smallest absolute Gasteiger partial charge is 0.309 e. The van der Waals surface area contributed by atoms with Gasteiger partial charge in [-0.25, -0.2) is 0 Å². The molecule has 3 nitrogen and oxygen atoms in total.